The van der Waals surface area contributed by atoms with Crippen molar-refractivity contribution in [3.8, 4) is 39.5 Å². The Bertz CT molecular complexity index is 1660. The lowest BCUT2D eigenvalue weighted by atomic mass is 9.96. The minimum atomic E-state index is -4.53. The fourth-order valence-corrected chi connectivity index (χ4v) is 3.97. The van der Waals surface area contributed by atoms with E-state index in [9.17, 15) is 26.3 Å². The number of halogens is 6. The maximum atomic E-state index is 14.9. The van der Waals surface area contributed by atoms with E-state index in [0.29, 0.717) is 16.7 Å². The molecular weight excluding hydrogens is 498 g/mol. The van der Waals surface area contributed by atoms with Crippen molar-refractivity contribution in [2.45, 2.75) is 6.18 Å². The van der Waals surface area contributed by atoms with Gasteiger partial charge >= 0.3 is 6.18 Å². The van der Waals surface area contributed by atoms with Gasteiger partial charge in [0.05, 0.1) is 18.4 Å². The van der Waals surface area contributed by atoms with Crippen molar-refractivity contribution in [1.29, 1.82) is 0 Å². The van der Waals surface area contributed by atoms with Crippen LogP contribution in [0.25, 0.3) is 44.8 Å². The molecule has 0 saturated heterocycles. The molecule has 4 nitrogen and oxygen atoms in total. The molecule has 10 heteroatoms. The third kappa shape index (κ3) is 4.46. The first-order chi connectivity index (χ1) is 17.5. The third-order valence-corrected chi connectivity index (χ3v) is 5.80. The van der Waals surface area contributed by atoms with Crippen LogP contribution in [-0.2, 0) is 6.18 Å². The zero-order valence-corrected chi connectivity index (χ0v) is 19.0. The Balaban J connectivity index is 1.62. The minimum absolute atomic E-state index is 0.0257. The van der Waals surface area contributed by atoms with Crippen molar-refractivity contribution in [3.63, 3.8) is 0 Å². The van der Waals surface area contributed by atoms with Gasteiger partial charge in [-0.25, -0.2) is 18.2 Å². The van der Waals surface area contributed by atoms with Crippen LogP contribution in [0, 0.1) is 17.5 Å². The van der Waals surface area contributed by atoms with E-state index >= 15 is 0 Å². The molecule has 0 aliphatic rings. The molecule has 2 N–H and O–H groups in total. The van der Waals surface area contributed by atoms with Gasteiger partial charge in [-0.05, 0) is 48.0 Å². The number of alkyl halides is 3. The molecule has 0 radical (unpaired) electrons. The molecule has 0 unspecified atom stereocenters. The summed E-state index contributed by atoms with van der Waals surface area (Å²) in [4.78, 5) is 4.18. The highest BCUT2D eigenvalue weighted by Crippen LogP contribution is 2.39. The third-order valence-electron chi connectivity index (χ3n) is 5.80. The van der Waals surface area contributed by atoms with Crippen LogP contribution < -0.4 is 10.5 Å². The second-order valence-corrected chi connectivity index (χ2v) is 8.17. The number of aromatic nitrogens is 1. The van der Waals surface area contributed by atoms with E-state index in [2.05, 4.69) is 4.98 Å². The fourth-order valence-electron chi connectivity index (χ4n) is 3.97. The van der Waals surface area contributed by atoms with Crippen LogP contribution in [0.3, 0.4) is 0 Å². The van der Waals surface area contributed by atoms with Crippen LogP contribution in [0.5, 0.6) is 5.75 Å². The van der Waals surface area contributed by atoms with Gasteiger partial charge < -0.3 is 14.9 Å². The highest BCUT2D eigenvalue weighted by atomic mass is 19.4. The topological polar surface area (TPSA) is 61.3 Å². The SMILES string of the molecule is COc1cc(F)c(-c2cc(F)c(N)cc2F)cc1-c1cccc(-c2nc3cc(C(F)(F)F)ccc3o2)c1. The molecule has 0 aliphatic heterocycles. The Morgan fingerprint density at radius 1 is 0.784 bits per heavy atom. The Kier molecular flexibility index (Phi) is 5.82. The molecule has 188 valence electrons. The van der Waals surface area contributed by atoms with Crippen LogP contribution in [0.4, 0.5) is 32.0 Å². The van der Waals surface area contributed by atoms with Crippen LogP contribution in [-0.4, -0.2) is 12.1 Å². The van der Waals surface area contributed by atoms with Gasteiger partial charge in [-0.15, -0.1) is 0 Å². The van der Waals surface area contributed by atoms with Gasteiger partial charge in [0.25, 0.3) is 0 Å². The second kappa shape index (κ2) is 8.88. The molecule has 0 spiro atoms. The van der Waals surface area contributed by atoms with Gasteiger partial charge in [-0.3, -0.25) is 0 Å². The molecule has 1 aromatic heterocycles. The predicted octanol–water partition coefficient (Wildman–Crippen LogP) is 7.86. The zero-order chi connectivity index (χ0) is 26.5. The fraction of sp³-hybridized carbons (Fsp3) is 0.0741. The quantitative estimate of drug-likeness (QED) is 0.196. The van der Waals surface area contributed by atoms with E-state index in [1.165, 1.54) is 19.2 Å². The molecule has 0 amide bonds. The summed E-state index contributed by atoms with van der Waals surface area (Å²) < 4.78 is 93.7. The lowest BCUT2D eigenvalue weighted by molar-refractivity contribution is -0.137. The van der Waals surface area contributed by atoms with Crippen molar-refractivity contribution < 1.29 is 35.5 Å². The number of benzene rings is 4. The Morgan fingerprint density at radius 2 is 1.49 bits per heavy atom. The average molecular weight is 514 g/mol. The first kappa shape index (κ1) is 24.2. The van der Waals surface area contributed by atoms with Crippen molar-refractivity contribution in [2.75, 3.05) is 12.8 Å². The molecule has 1 heterocycles. The summed E-state index contributed by atoms with van der Waals surface area (Å²) in [7, 11) is 1.32. The van der Waals surface area contributed by atoms with Crippen molar-refractivity contribution >= 4 is 16.8 Å². The molecule has 0 bridgehead atoms. The molecule has 0 aliphatic carbocycles. The second-order valence-electron chi connectivity index (χ2n) is 8.17. The van der Waals surface area contributed by atoms with Gasteiger partial charge in [0.2, 0.25) is 5.89 Å². The molecule has 4 aromatic carbocycles. The molecule has 37 heavy (non-hydrogen) atoms. The highest BCUT2D eigenvalue weighted by Gasteiger charge is 2.31. The first-order valence-corrected chi connectivity index (χ1v) is 10.8. The normalized spacial score (nSPS) is 11.8. The average Bonchev–Trinajstić information content (AvgIpc) is 3.29. The monoisotopic (exact) mass is 514 g/mol. The lowest BCUT2D eigenvalue weighted by Gasteiger charge is -2.14. The smallest absolute Gasteiger partial charge is 0.416 e. The first-order valence-electron chi connectivity index (χ1n) is 10.8. The number of nitrogens with two attached hydrogens (primary N) is 1. The minimum Gasteiger partial charge on any atom is -0.496 e. The summed E-state index contributed by atoms with van der Waals surface area (Å²) in [5, 5.41) is 0. The number of hydrogen-bond donors (Lipinski definition) is 1. The van der Waals surface area contributed by atoms with Crippen LogP contribution in [0.2, 0.25) is 0 Å². The Morgan fingerprint density at radius 3 is 2.22 bits per heavy atom. The van der Waals surface area contributed by atoms with E-state index in [-0.39, 0.29) is 33.9 Å². The van der Waals surface area contributed by atoms with Gasteiger partial charge in [0, 0.05) is 34.4 Å². The molecule has 0 fully saturated rings. The molecule has 0 saturated carbocycles. The number of oxazole rings is 1. The Hall–Kier alpha value is -4.47. The number of hydrogen-bond acceptors (Lipinski definition) is 4. The number of rotatable bonds is 4. The van der Waals surface area contributed by atoms with Crippen molar-refractivity contribution in [2.24, 2.45) is 0 Å². The number of nitrogens with zero attached hydrogens (tertiary/aromatic N) is 1. The van der Waals surface area contributed by atoms with Crippen molar-refractivity contribution in [1.82, 2.24) is 4.98 Å². The van der Waals surface area contributed by atoms with Crippen LogP contribution in [0.15, 0.2) is 71.1 Å². The molecule has 5 rings (SSSR count). The maximum absolute atomic E-state index is 14.9. The van der Waals surface area contributed by atoms with E-state index in [0.717, 1.165) is 30.3 Å². The molecule has 5 aromatic rings. The van der Waals surface area contributed by atoms with Crippen molar-refractivity contribution in [3.05, 3.63) is 89.7 Å². The van der Waals surface area contributed by atoms with E-state index < -0.39 is 34.9 Å². The van der Waals surface area contributed by atoms with Gasteiger partial charge in [-0.2, -0.15) is 13.2 Å². The number of nitrogen functional groups attached to an aromatic ring is 1. The molecular formula is C27H16F6N2O2. The van der Waals surface area contributed by atoms with Gasteiger partial charge in [-0.1, -0.05) is 12.1 Å². The summed E-state index contributed by atoms with van der Waals surface area (Å²) in [6.07, 6.45) is -4.53. The number of anilines is 1. The summed E-state index contributed by atoms with van der Waals surface area (Å²) in [6, 6.07) is 13.4. The standard InChI is InChI=1S/C27H16F6N2O2/c1-36-25-12-20(29)17(18-10-21(30)22(34)11-19(18)28)9-16(25)13-3-2-4-14(7-13)26-35-23-8-15(27(31,32)33)5-6-24(23)37-26/h2-12H,34H2,1H3. The predicted molar refractivity (Wildman–Crippen MR) is 126 cm³/mol. The zero-order valence-electron chi connectivity index (χ0n) is 19.0. The lowest BCUT2D eigenvalue weighted by Crippen LogP contribution is -2.03. The number of methoxy groups -OCH3 is 1. The van der Waals surface area contributed by atoms with Crippen LogP contribution in [0.1, 0.15) is 5.56 Å². The van der Waals surface area contributed by atoms with E-state index in [1.807, 2.05) is 0 Å². The maximum Gasteiger partial charge on any atom is 0.416 e. The summed E-state index contributed by atoms with van der Waals surface area (Å²) in [6.45, 7) is 0. The number of ether oxygens (including phenoxy) is 1. The van der Waals surface area contributed by atoms with Gasteiger partial charge in [0.1, 0.15) is 28.7 Å². The van der Waals surface area contributed by atoms with Crippen LogP contribution >= 0.6 is 0 Å². The highest BCUT2D eigenvalue weighted by molar-refractivity contribution is 5.82. The largest absolute Gasteiger partial charge is 0.496 e. The summed E-state index contributed by atoms with van der Waals surface area (Å²) >= 11 is 0. The van der Waals surface area contributed by atoms with E-state index in [1.54, 1.807) is 24.3 Å². The molecule has 0 atom stereocenters. The van der Waals surface area contributed by atoms with Gasteiger partial charge in [0.15, 0.2) is 5.58 Å². The summed E-state index contributed by atoms with van der Waals surface area (Å²) in [5.41, 5.74) is 5.00. The Labute approximate surface area is 205 Å². The number of fused-ring (bicyclic) bond motifs is 1. The van der Waals surface area contributed by atoms with E-state index in [4.69, 9.17) is 14.9 Å². The summed E-state index contributed by atoms with van der Waals surface area (Å²) in [5.74, 6) is -2.49.